The monoisotopic (exact) mass is 423 g/mol. The molecule has 1 atom stereocenters. The lowest BCUT2D eigenvalue weighted by Gasteiger charge is -2.25. The summed E-state index contributed by atoms with van der Waals surface area (Å²) in [6.07, 6.45) is 0.768. The van der Waals surface area contributed by atoms with Crippen LogP contribution in [0.5, 0.6) is 0 Å². The van der Waals surface area contributed by atoms with E-state index >= 15 is 0 Å². The summed E-state index contributed by atoms with van der Waals surface area (Å²) in [5.41, 5.74) is 2.95. The summed E-state index contributed by atoms with van der Waals surface area (Å²) in [5, 5.41) is 5.25. The Hall–Kier alpha value is -3.38. The van der Waals surface area contributed by atoms with Gasteiger partial charge in [-0.1, -0.05) is 60.1 Å². The molecule has 1 unspecified atom stereocenters. The van der Waals surface area contributed by atoms with Crippen LogP contribution in [0, 0.1) is 5.82 Å². The van der Waals surface area contributed by atoms with E-state index in [1.165, 1.54) is 18.2 Å². The number of anilines is 2. The second-order valence-electron chi connectivity index (χ2n) is 6.94. The van der Waals surface area contributed by atoms with Crippen molar-refractivity contribution in [3.05, 3.63) is 94.8 Å². The van der Waals surface area contributed by atoms with Crippen molar-refractivity contribution >= 4 is 34.9 Å². The van der Waals surface area contributed by atoms with E-state index in [-0.39, 0.29) is 10.9 Å². The average molecular weight is 424 g/mol. The number of carbonyl (C=O) groups is 2. The predicted molar refractivity (Wildman–Crippen MR) is 115 cm³/mol. The number of amides is 3. The Bertz CT molecular complexity index is 1090. The molecule has 4 rings (SSSR count). The molecule has 0 saturated heterocycles. The lowest BCUT2D eigenvalue weighted by molar-refractivity contribution is -0.120. The van der Waals surface area contributed by atoms with Crippen LogP contribution in [0.3, 0.4) is 0 Å². The van der Waals surface area contributed by atoms with Crippen molar-refractivity contribution in [3.8, 4) is 0 Å². The summed E-state index contributed by atoms with van der Waals surface area (Å²) >= 11 is 5.78. The van der Waals surface area contributed by atoms with Crippen molar-refractivity contribution in [2.24, 2.45) is 0 Å². The number of rotatable bonds is 4. The third-order valence-corrected chi connectivity index (χ3v) is 5.28. The number of urea groups is 1. The van der Waals surface area contributed by atoms with Gasteiger partial charge >= 0.3 is 6.03 Å². The van der Waals surface area contributed by atoms with E-state index in [1.807, 2.05) is 42.5 Å². The van der Waals surface area contributed by atoms with Crippen molar-refractivity contribution in [1.82, 2.24) is 5.32 Å². The molecule has 1 aliphatic heterocycles. The molecule has 0 aromatic heterocycles. The number of hydrogen-bond acceptors (Lipinski definition) is 2. The molecular weight excluding hydrogens is 405 g/mol. The molecule has 152 valence electrons. The molecule has 5 nitrogen and oxygen atoms in total. The number of nitrogens with zero attached hydrogens (tertiary/aromatic N) is 1. The van der Waals surface area contributed by atoms with Gasteiger partial charge in [-0.15, -0.1) is 0 Å². The second-order valence-corrected chi connectivity index (χ2v) is 7.35. The Morgan fingerprint density at radius 3 is 2.50 bits per heavy atom. The third kappa shape index (κ3) is 4.14. The number of fused-ring (bicyclic) bond motifs is 1. The molecule has 1 heterocycles. The van der Waals surface area contributed by atoms with E-state index in [0.29, 0.717) is 17.8 Å². The van der Waals surface area contributed by atoms with Gasteiger partial charge in [0.25, 0.3) is 5.91 Å². The molecule has 30 heavy (non-hydrogen) atoms. The van der Waals surface area contributed by atoms with Gasteiger partial charge in [-0.2, -0.15) is 0 Å². The van der Waals surface area contributed by atoms with Gasteiger partial charge < -0.3 is 15.5 Å². The van der Waals surface area contributed by atoms with Crippen LogP contribution in [0.4, 0.5) is 20.6 Å². The average Bonchev–Trinajstić information content (AvgIpc) is 3.19. The number of halogens is 2. The van der Waals surface area contributed by atoms with E-state index in [0.717, 1.165) is 17.7 Å². The minimum atomic E-state index is -0.881. The zero-order valence-corrected chi connectivity index (χ0v) is 16.7. The highest BCUT2D eigenvalue weighted by molar-refractivity contribution is 6.31. The fourth-order valence-electron chi connectivity index (χ4n) is 3.53. The molecule has 0 saturated carbocycles. The van der Waals surface area contributed by atoms with Crippen LogP contribution in [0.1, 0.15) is 17.2 Å². The number of nitrogens with one attached hydrogen (secondary N) is 2. The van der Waals surface area contributed by atoms with Crippen molar-refractivity contribution in [3.63, 3.8) is 0 Å². The molecule has 2 N–H and O–H groups in total. The topological polar surface area (TPSA) is 61.4 Å². The summed E-state index contributed by atoms with van der Waals surface area (Å²) in [5.74, 6) is -0.800. The predicted octanol–water partition coefficient (Wildman–Crippen LogP) is 4.93. The molecule has 3 aromatic carbocycles. The molecular formula is C23H19ClFN3O2. The highest BCUT2D eigenvalue weighted by atomic mass is 35.5. The van der Waals surface area contributed by atoms with Crippen molar-refractivity contribution in [2.75, 3.05) is 16.8 Å². The van der Waals surface area contributed by atoms with Gasteiger partial charge in [0.2, 0.25) is 0 Å². The minimum absolute atomic E-state index is 0.0999. The lowest BCUT2D eigenvalue weighted by atomic mass is 10.1. The fourth-order valence-corrected chi connectivity index (χ4v) is 3.71. The van der Waals surface area contributed by atoms with Crippen LogP contribution < -0.4 is 15.5 Å². The van der Waals surface area contributed by atoms with Crippen molar-refractivity contribution in [2.45, 2.75) is 12.5 Å². The summed E-state index contributed by atoms with van der Waals surface area (Å²) in [6.45, 7) is 0.554. The highest BCUT2D eigenvalue weighted by Crippen LogP contribution is 2.30. The first-order chi connectivity index (χ1) is 14.5. The zero-order valence-electron chi connectivity index (χ0n) is 15.9. The number of hydrogen-bond donors (Lipinski definition) is 2. The quantitative estimate of drug-likeness (QED) is 0.625. The Morgan fingerprint density at radius 2 is 1.73 bits per heavy atom. The maximum Gasteiger partial charge on any atom is 0.320 e. The smallest absolute Gasteiger partial charge is 0.320 e. The van der Waals surface area contributed by atoms with Gasteiger partial charge in [-0.3, -0.25) is 4.79 Å². The van der Waals surface area contributed by atoms with Crippen LogP contribution in [-0.4, -0.2) is 18.5 Å². The molecule has 0 radical (unpaired) electrons. The van der Waals surface area contributed by atoms with Gasteiger partial charge in [0.15, 0.2) is 0 Å². The molecule has 0 bridgehead atoms. The van der Waals surface area contributed by atoms with Gasteiger partial charge in [-0.05, 0) is 41.8 Å². The molecule has 0 fully saturated rings. The Kier molecular flexibility index (Phi) is 5.68. The molecule has 0 spiro atoms. The normalized spacial score (nSPS) is 13.5. The Balaban J connectivity index is 1.57. The lowest BCUT2D eigenvalue weighted by Crippen LogP contribution is -2.43. The van der Waals surface area contributed by atoms with E-state index in [1.54, 1.807) is 17.0 Å². The fraction of sp³-hybridized carbons (Fsp3) is 0.130. The van der Waals surface area contributed by atoms with E-state index < -0.39 is 17.9 Å². The maximum absolute atomic E-state index is 13.4. The van der Waals surface area contributed by atoms with E-state index in [4.69, 9.17) is 11.6 Å². The first-order valence-corrected chi connectivity index (χ1v) is 9.87. The maximum atomic E-state index is 13.4. The Labute approximate surface area is 178 Å². The summed E-state index contributed by atoms with van der Waals surface area (Å²) in [7, 11) is 0. The van der Waals surface area contributed by atoms with Gasteiger partial charge in [-0.25, -0.2) is 9.18 Å². The summed E-state index contributed by atoms with van der Waals surface area (Å²) < 4.78 is 13.4. The summed E-state index contributed by atoms with van der Waals surface area (Å²) in [4.78, 5) is 27.7. The molecule has 3 amide bonds. The first kappa shape index (κ1) is 19.9. The largest absolute Gasteiger partial charge is 0.322 e. The van der Waals surface area contributed by atoms with Crippen LogP contribution >= 0.6 is 11.6 Å². The second kappa shape index (κ2) is 8.55. The van der Waals surface area contributed by atoms with E-state index in [2.05, 4.69) is 10.6 Å². The minimum Gasteiger partial charge on any atom is -0.322 e. The Morgan fingerprint density at radius 1 is 1.00 bits per heavy atom. The van der Waals surface area contributed by atoms with E-state index in [9.17, 15) is 14.0 Å². The number of benzene rings is 3. The van der Waals surface area contributed by atoms with Gasteiger partial charge in [0, 0.05) is 17.9 Å². The molecule has 1 aliphatic rings. The summed E-state index contributed by atoms with van der Waals surface area (Å²) in [6, 6.07) is 19.2. The third-order valence-electron chi connectivity index (χ3n) is 4.99. The number of carbonyl (C=O) groups excluding carboxylic acids is 2. The highest BCUT2D eigenvalue weighted by Gasteiger charge is 2.32. The van der Waals surface area contributed by atoms with Crippen LogP contribution in [-0.2, 0) is 11.2 Å². The van der Waals surface area contributed by atoms with Gasteiger partial charge in [0.1, 0.15) is 11.9 Å². The standard InChI is InChI=1S/C23H19ClFN3O2/c24-18-14-17(10-11-19(18)25)26-23(30)27-21(16-7-2-1-3-8-16)22(29)28-13-12-15-6-4-5-9-20(15)28/h1-11,14,21H,12-13H2,(H2,26,27,30). The van der Waals surface area contributed by atoms with Crippen LogP contribution in [0.15, 0.2) is 72.8 Å². The number of para-hydroxylation sites is 1. The first-order valence-electron chi connectivity index (χ1n) is 9.50. The van der Waals surface area contributed by atoms with Crippen LogP contribution in [0.2, 0.25) is 5.02 Å². The van der Waals surface area contributed by atoms with Crippen LogP contribution in [0.25, 0.3) is 0 Å². The van der Waals surface area contributed by atoms with Crippen molar-refractivity contribution < 1.29 is 14.0 Å². The SMILES string of the molecule is O=C(Nc1ccc(F)c(Cl)c1)NC(C(=O)N1CCc2ccccc21)c1ccccc1. The zero-order chi connectivity index (χ0) is 21.1. The molecule has 3 aromatic rings. The van der Waals surface area contributed by atoms with Gasteiger partial charge in [0.05, 0.1) is 5.02 Å². The molecule has 0 aliphatic carbocycles. The van der Waals surface area contributed by atoms with Crippen molar-refractivity contribution in [1.29, 1.82) is 0 Å². The molecule has 7 heteroatoms.